The third-order valence-corrected chi connectivity index (χ3v) is 5.71. The van der Waals surface area contributed by atoms with Gasteiger partial charge >= 0.3 is 6.09 Å². The second-order valence-corrected chi connectivity index (χ2v) is 10.5. The average molecular weight is 492 g/mol. The smallest absolute Gasteiger partial charge is 0.408 e. The molecule has 3 atom stereocenters. The number of rotatable bonds is 11. The molecule has 0 bridgehead atoms. The van der Waals surface area contributed by atoms with Crippen LogP contribution in [0.3, 0.4) is 0 Å². The van der Waals surface area contributed by atoms with Crippen molar-refractivity contribution in [2.24, 2.45) is 5.92 Å². The van der Waals surface area contributed by atoms with E-state index >= 15 is 0 Å². The van der Waals surface area contributed by atoms with E-state index in [1.54, 1.807) is 44.7 Å². The molecule has 0 fully saturated rings. The van der Waals surface area contributed by atoms with Crippen molar-refractivity contribution in [2.75, 3.05) is 6.54 Å². The summed E-state index contributed by atoms with van der Waals surface area (Å²) >= 11 is 0. The van der Waals surface area contributed by atoms with E-state index in [-0.39, 0.29) is 29.5 Å². The highest BCUT2D eigenvalue weighted by Crippen LogP contribution is 2.28. The number of unbranched alkanes of at least 4 members (excludes halogenated alkanes) is 1. The minimum atomic E-state index is -0.914. The molecule has 0 aliphatic carbocycles. The number of phenolic OH excluding ortho intramolecular Hbond substituents is 1. The molecule has 198 valence electrons. The average Bonchev–Trinajstić information content (AvgIpc) is 2.74. The van der Waals surface area contributed by atoms with Crippen LogP contribution in [0, 0.1) is 12.8 Å². The quantitative estimate of drug-likeness (QED) is 0.411. The zero-order chi connectivity index (χ0) is 26.9. The SMILES string of the molecule is CCCCN(C(=O)C(NC(=O)OC(C)(C)C)C(C)CC)C(C(=O)NC(C)C)c1ccc(O)c(C)c1. The van der Waals surface area contributed by atoms with Gasteiger partial charge in [0.25, 0.3) is 0 Å². The fourth-order valence-electron chi connectivity index (χ4n) is 3.68. The van der Waals surface area contributed by atoms with E-state index in [1.165, 1.54) is 6.07 Å². The first-order valence-electron chi connectivity index (χ1n) is 12.6. The van der Waals surface area contributed by atoms with Gasteiger partial charge in [-0.15, -0.1) is 0 Å². The molecule has 0 radical (unpaired) electrons. The first kappa shape index (κ1) is 30.3. The number of phenols is 1. The molecule has 35 heavy (non-hydrogen) atoms. The van der Waals surface area contributed by atoms with Gasteiger partial charge in [-0.2, -0.15) is 0 Å². The number of hydrogen-bond donors (Lipinski definition) is 3. The Kier molecular flexibility index (Phi) is 11.5. The van der Waals surface area contributed by atoms with Crippen molar-refractivity contribution < 1.29 is 24.2 Å². The number of aryl methyl sites for hydroxylation is 1. The normalized spacial score (nSPS) is 14.1. The van der Waals surface area contributed by atoms with Crippen LogP contribution < -0.4 is 10.6 Å². The summed E-state index contributed by atoms with van der Waals surface area (Å²) in [6.45, 7) is 17.0. The molecule has 1 aromatic rings. The van der Waals surface area contributed by atoms with Crippen molar-refractivity contribution in [2.45, 2.75) is 105 Å². The predicted molar refractivity (Wildman–Crippen MR) is 138 cm³/mol. The van der Waals surface area contributed by atoms with Crippen molar-refractivity contribution in [3.8, 4) is 5.75 Å². The number of benzene rings is 1. The minimum absolute atomic E-state index is 0.118. The topological polar surface area (TPSA) is 108 Å². The van der Waals surface area contributed by atoms with Gasteiger partial charge in [0.15, 0.2) is 0 Å². The maximum atomic E-state index is 14.0. The molecule has 0 saturated carbocycles. The lowest BCUT2D eigenvalue weighted by Gasteiger charge is -2.36. The molecule has 0 heterocycles. The highest BCUT2D eigenvalue weighted by atomic mass is 16.6. The fourth-order valence-corrected chi connectivity index (χ4v) is 3.68. The minimum Gasteiger partial charge on any atom is -0.508 e. The molecule has 8 heteroatoms. The Morgan fingerprint density at radius 2 is 1.71 bits per heavy atom. The van der Waals surface area contributed by atoms with Crippen LogP contribution in [0.1, 0.15) is 91.8 Å². The van der Waals surface area contributed by atoms with Crippen LogP contribution in [0.2, 0.25) is 0 Å². The maximum Gasteiger partial charge on any atom is 0.408 e. The summed E-state index contributed by atoms with van der Waals surface area (Å²) in [6, 6.07) is 3.02. The van der Waals surface area contributed by atoms with Crippen LogP contribution in [-0.2, 0) is 14.3 Å². The number of alkyl carbamates (subject to hydrolysis) is 1. The summed E-state index contributed by atoms with van der Waals surface area (Å²) in [6.07, 6.45) is 1.49. The van der Waals surface area contributed by atoms with Crippen molar-refractivity contribution in [3.63, 3.8) is 0 Å². The van der Waals surface area contributed by atoms with Crippen molar-refractivity contribution in [1.29, 1.82) is 0 Å². The Labute approximate surface area is 210 Å². The van der Waals surface area contributed by atoms with E-state index in [0.29, 0.717) is 30.5 Å². The summed E-state index contributed by atoms with van der Waals surface area (Å²) in [5.41, 5.74) is 0.499. The summed E-state index contributed by atoms with van der Waals surface area (Å²) < 4.78 is 5.42. The third kappa shape index (κ3) is 9.42. The highest BCUT2D eigenvalue weighted by molar-refractivity contribution is 5.92. The van der Waals surface area contributed by atoms with Gasteiger partial charge in [0.2, 0.25) is 11.8 Å². The number of hydrogen-bond acceptors (Lipinski definition) is 5. The van der Waals surface area contributed by atoms with Gasteiger partial charge in [-0.1, -0.05) is 39.7 Å². The van der Waals surface area contributed by atoms with Crippen LogP contribution in [0.15, 0.2) is 18.2 Å². The summed E-state index contributed by atoms with van der Waals surface area (Å²) in [4.78, 5) is 41.7. The summed E-state index contributed by atoms with van der Waals surface area (Å²) in [5, 5.41) is 15.7. The van der Waals surface area contributed by atoms with E-state index in [1.807, 2.05) is 34.6 Å². The number of nitrogens with one attached hydrogen (secondary N) is 2. The third-order valence-electron chi connectivity index (χ3n) is 5.71. The number of carbonyl (C=O) groups excluding carboxylic acids is 3. The standard InChI is InChI=1S/C27H45N3O5/c1-10-12-15-30(25(33)22(18(5)11-2)29-26(34)35-27(7,8)9)23(24(32)28-17(3)4)20-13-14-21(31)19(6)16-20/h13-14,16-18,22-23,31H,10-12,15H2,1-9H3,(H,28,32)(H,29,34). The lowest BCUT2D eigenvalue weighted by molar-refractivity contribution is -0.143. The molecule has 0 aliphatic rings. The highest BCUT2D eigenvalue weighted by Gasteiger charge is 2.38. The molecule has 0 saturated heterocycles. The van der Waals surface area contributed by atoms with Gasteiger partial charge in [-0.3, -0.25) is 9.59 Å². The predicted octanol–water partition coefficient (Wildman–Crippen LogP) is 4.83. The largest absolute Gasteiger partial charge is 0.508 e. The Bertz CT molecular complexity index is 863. The molecular formula is C27H45N3O5. The summed E-state index contributed by atoms with van der Waals surface area (Å²) in [7, 11) is 0. The molecule has 3 N–H and O–H groups in total. The Balaban J connectivity index is 3.53. The monoisotopic (exact) mass is 491 g/mol. The van der Waals surface area contributed by atoms with Crippen LogP contribution in [0.25, 0.3) is 0 Å². The van der Waals surface area contributed by atoms with Gasteiger partial charge in [0, 0.05) is 12.6 Å². The van der Waals surface area contributed by atoms with Gasteiger partial charge < -0.3 is 25.4 Å². The molecule has 8 nitrogen and oxygen atoms in total. The van der Waals surface area contributed by atoms with Crippen molar-refractivity contribution >= 4 is 17.9 Å². The molecule has 0 aromatic heterocycles. The second-order valence-electron chi connectivity index (χ2n) is 10.5. The first-order chi connectivity index (χ1) is 16.2. The lowest BCUT2D eigenvalue weighted by Crippen LogP contribution is -2.55. The molecular weight excluding hydrogens is 446 g/mol. The number of ether oxygens (including phenoxy) is 1. The molecule has 3 amide bonds. The Morgan fingerprint density at radius 3 is 2.20 bits per heavy atom. The van der Waals surface area contributed by atoms with E-state index < -0.39 is 23.8 Å². The van der Waals surface area contributed by atoms with Crippen molar-refractivity contribution in [1.82, 2.24) is 15.5 Å². The maximum absolute atomic E-state index is 14.0. The van der Waals surface area contributed by atoms with Gasteiger partial charge in [-0.05, 0) is 77.1 Å². The lowest BCUT2D eigenvalue weighted by atomic mass is 9.95. The molecule has 0 spiro atoms. The molecule has 3 unspecified atom stereocenters. The van der Waals surface area contributed by atoms with Crippen LogP contribution in [0.5, 0.6) is 5.75 Å². The van der Waals surface area contributed by atoms with Crippen LogP contribution in [-0.4, -0.2) is 52.1 Å². The first-order valence-corrected chi connectivity index (χ1v) is 12.6. The van der Waals surface area contributed by atoms with Crippen LogP contribution in [0.4, 0.5) is 4.79 Å². The second kappa shape index (κ2) is 13.4. The molecule has 0 aliphatic heterocycles. The van der Waals surface area contributed by atoms with Crippen molar-refractivity contribution in [3.05, 3.63) is 29.3 Å². The van der Waals surface area contributed by atoms with E-state index in [9.17, 15) is 19.5 Å². The number of nitrogens with zero attached hydrogens (tertiary/aromatic N) is 1. The van der Waals surface area contributed by atoms with E-state index in [4.69, 9.17) is 4.74 Å². The molecule has 1 rings (SSSR count). The zero-order valence-corrected chi connectivity index (χ0v) is 22.9. The number of carbonyl (C=O) groups is 3. The Morgan fingerprint density at radius 1 is 1.09 bits per heavy atom. The van der Waals surface area contributed by atoms with Gasteiger partial charge in [0.05, 0.1) is 0 Å². The zero-order valence-electron chi connectivity index (χ0n) is 22.9. The fraction of sp³-hybridized carbons (Fsp3) is 0.667. The van der Waals surface area contributed by atoms with Crippen LogP contribution >= 0.6 is 0 Å². The summed E-state index contributed by atoms with van der Waals surface area (Å²) in [5.74, 6) is -0.718. The molecule has 1 aromatic carbocycles. The Hall–Kier alpha value is -2.77. The van der Waals surface area contributed by atoms with E-state index in [0.717, 1.165) is 6.42 Å². The number of aromatic hydroxyl groups is 1. The number of amides is 3. The van der Waals surface area contributed by atoms with E-state index in [2.05, 4.69) is 10.6 Å². The van der Waals surface area contributed by atoms with Gasteiger partial charge in [-0.25, -0.2) is 4.79 Å². The van der Waals surface area contributed by atoms with Gasteiger partial charge in [0.1, 0.15) is 23.4 Å².